The molecule has 2 aromatic carbocycles. The van der Waals surface area contributed by atoms with Crippen molar-refractivity contribution in [2.75, 3.05) is 23.4 Å². The minimum atomic E-state index is -0.239. The zero-order chi connectivity index (χ0) is 21.2. The standard InChI is InChI=1S/C24H24N4O2S/c1-16-7-4-5-14-28(16)21-13-12-17-8-6-10-19(23(17)26-21)30-15-22(29)27-24-25-18-9-2-3-11-20(18)31-24/h2-3,6,8-13,16H,4-5,7,14-15H2,1H3,(H,25,27,29). The van der Waals surface area contributed by atoms with Gasteiger partial charge in [0.2, 0.25) is 0 Å². The monoisotopic (exact) mass is 432 g/mol. The number of piperidine rings is 1. The van der Waals surface area contributed by atoms with Crippen LogP contribution in [-0.4, -0.2) is 35.1 Å². The molecule has 7 heteroatoms. The molecule has 2 aromatic heterocycles. The van der Waals surface area contributed by atoms with Crippen LogP contribution in [0.15, 0.2) is 54.6 Å². The van der Waals surface area contributed by atoms with Crippen molar-refractivity contribution in [2.45, 2.75) is 32.2 Å². The molecule has 158 valence electrons. The Morgan fingerprint density at radius 2 is 2.03 bits per heavy atom. The van der Waals surface area contributed by atoms with Gasteiger partial charge in [0, 0.05) is 18.0 Å². The summed E-state index contributed by atoms with van der Waals surface area (Å²) < 4.78 is 6.92. The summed E-state index contributed by atoms with van der Waals surface area (Å²) in [5, 5.41) is 4.41. The van der Waals surface area contributed by atoms with E-state index in [1.54, 1.807) is 0 Å². The van der Waals surface area contributed by atoms with Crippen molar-refractivity contribution in [3.8, 4) is 5.75 Å². The fraction of sp³-hybridized carbons (Fsp3) is 0.292. The Labute approximate surface area is 184 Å². The van der Waals surface area contributed by atoms with E-state index in [0.717, 1.165) is 33.5 Å². The second-order valence-corrected chi connectivity index (χ2v) is 8.89. The number of para-hydroxylation sites is 2. The van der Waals surface area contributed by atoms with Gasteiger partial charge < -0.3 is 9.64 Å². The molecule has 1 aliphatic rings. The number of nitrogens with one attached hydrogen (secondary N) is 1. The Balaban J connectivity index is 1.32. The number of carbonyl (C=O) groups is 1. The Kier molecular flexibility index (Phi) is 5.42. The van der Waals surface area contributed by atoms with Crippen LogP contribution in [0.1, 0.15) is 26.2 Å². The lowest BCUT2D eigenvalue weighted by atomic mass is 10.0. The molecule has 0 aliphatic carbocycles. The first-order valence-corrected chi connectivity index (χ1v) is 11.4. The van der Waals surface area contributed by atoms with Gasteiger partial charge >= 0.3 is 0 Å². The predicted octanol–water partition coefficient (Wildman–Crippen LogP) is 5.24. The molecule has 3 heterocycles. The number of fused-ring (bicyclic) bond motifs is 2. The molecule has 1 saturated heterocycles. The highest BCUT2D eigenvalue weighted by molar-refractivity contribution is 7.22. The first-order chi connectivity index (χ1) is 15.2. The molecule has 0 bridgehead atoms. The van der Waals surface area contributed by atoms with Crippen LogP contribution < -0.4 is 15.0 Å². The van der Waals surface area contributed by atoms with Crippen LogP contribution in [0.25, 0.3) is 21.1 Å². The van der Waals surface area contributed by atoms with Gasteiger partial charge in [0.25, 0.3) is 5.91 Å². The lowest BCUT2D eigenvalue weighted by Crippen LogP contribution is -2.37. The van der Waals surface area contributed by atoms with Gasteiger partial charge in [0.1, 0.15) is 17.1 Å². The van der Waals surface area contributed by atoms with Crippen LogP contribution in [0.2, 0.25) is 0 Å². The Hall–Kier alpha value is -3.19. The molecule has 1 atom stereocenters. The van der Waals surface area contributed by atoms with Gasteiger partial charge in [0.05, 0.1) is 10.2 Å². The van der Waals surface area contributed by atoms with Crippen LogP contribution >= 0.6 is 11.3 Å². The fourth-order valence-electron chi connectivity index (χ4n) is 4.05. The number of amides is 1. The topological polar surface area (TPSA) is 67.3 Å². The lowest BCUT2D eigenvalue weighted by Gasteiger charge is -2.34. The summed E-state index contributed by atoms with van der Waals surface area (Å²) in [6, 6.07) is 18.2. The molecule has 1 amide bonds. The van der Waals surface area contributed by atoms with Crippen molar-refractivity contribution in [1.82, 2.24) is 9.97 Å². The van der Waals surface area contributed by atoms with E-state index in [-0.39, 0.29) is 12.5 Å². The normalized spacial score (nSPS) is 16.5. The number of nitrogens with zero attached hydrogens (tertiary/aromatic N) is 3. The molecule has 5 rings (SSSR count). The van der Waals surface area contributed by atoms with E-state index in [9.17, 15) is 4.79 Å². The predicted molar refractivity (Wildman–Crippen MR) is 126 cm³/mol. The van der Waals surface area contributed by atoms with Crippen LogP contribution in [0.3, 0.4) is 0 Å². The third-order valence-corrected chi connectivity index (χ3v) is 6.62. The van der Waals surface area contributed by atoms with Gasteiger partial charge in [-0.2, -0.15) is 0 Å². The summed E-state index contributed by atoms with van der Waals surface area (Å²) in [4.78, 5) is 24.2. The number of anilines is 2. The number of benzene rings is 2. The van der Waals surface area contributed by atoms with E-state index in [1.807, 2.05) is 42.5 Å². The molecule has 4 aromatic rings. The zero-order valence-corrected chi connectivity index (χ0v) is 18.2. The van der Waals surface area contributed by atoms with Crippen molar-refractivity contribution < 1.29 is 9.53 Å². The molecule has 31 heavy (non-hydrogen) atoms. The smallest absolute Gasteiger partial charge is 0.264 e. The Bertz CT molecular complexity index is 1210. The van der Waals surface area contributed by atoms with Crippen molar-refractivity contribution in [2.24, 2.45) is 0 Å². The van der Waals surface area contributed by atoms with E-state index in [0.29, 0.717) is 16.9 Å². The highest BCUT2D eigenvalue weighted by Gasteiger charge is 2.20. The average Bonchev–Trinajstić information content (AvgIpc) is 3.20. The van der Waals surface area contributed by atoms with Gasteiger partial charge in [-0.1, -0.05) is 35.6 Å². The van der Waals surface area contributed by atoms with Crippen molar-refractivity contribution in [3.63, 3.8) is 0 Å². The maximum Gasteiger partial charge on any atom is 0.264 e. The minimum Gasteiger partial charge on any atom is -0.481 e. The van der Waals surface area contributed by atoms with Crippen molar-refractivity contribution in [1.29, 1.82) is 0 Å². The highest BCUT2D eigenvalue weighted by Crippen LogP contribution is 2.30. The molecule has 0 saturated carbocycles. The van der Waals surface area contributed by atoms with E-state index < -0.39 is 0 Å². The average molecular weight is 433 g/mol. The summed E-state index contributed by atoms with van der Waals surface area (Å²) in [5.74, 6) is 1.34. The molecule has 1 fully saturated rings. The number of rotatable bonds is 5. The van der Waals surface area contributed by atoms with E-state index in [2.05, 4.69) is 34.3 Å². The van der Waals surface area contributed by atoms with E-state index in [4.69, 9.17) is 9.72 Å². The highest BCUT2D eigenvalue weighted by atomic mass is 32.1. The number of aromatic nitrogens is 2. The molecular weight excluding hydrogens is 408 g/mol. The van der Waals surface area contributed by atoms with Gasteiger partial charge in [-0.3, -0.25) is 10.1 Å². The number of thiazole rings is 1. The van der Waals surface area contributed by atoms with Crippen molar-refractivity contribution in [3.05, 3.63) is 54.6 Å². The number of pyridine rings is 1. The summed E-state index contributed by atoms with van der Waals surface area (Å²) in [6.07, 6.45) is 3.64. The molecule has 1 aliphatic heterocycles. The number of hydrogen-bond acceptors (Lipinski definition) is 6. The van der Waals surface area contributed by atoms with Gasteiger partial charge in [-0.15, -0.1) is 0 Å². The van der Waals surface area contributed by atoms with Gasteiger partial charge in [-0.25, -0.2) is 9.97 Å². The Morgan fingerprint density at radius 1 is 1.13 bits per heavy atom. The van der Waals surface area contributed by atoms with Crippen LogP contribution in [0, 0.1) is 0 Å². The Morgan fingerprint density at radius 3 is 2.90 bits per heavy atom. The summed E-state index contributed by atoms with van der Waals surface area (Å²) in [6.45, 7) is 3.17. The largest absolute Gasteiger partial charge is 0.481 e. The lowest BCUT2D eigenvalue weighted by molar-refractivity contribution is -0.118. The molecule has 0 spiro atoms. The van der Waals surface area contributed by atoms with Crippen LogP contribution in [-0.2, 0) is 4.79 Å². The minimum absolute atomic E-state index is 0.0962. The third-order valence-electron chi connectivity index (χ3n) is 5.66. The third kappa shape index (κ3) is 4.18. The number of carbonyl (C=O) groups excluding carboxylic acids is 1. The summed E-state index contributed by atoms with van der Waals surface area (Å²) >= 11 is 1.45. The molecule has 0 radical (unpaired) electrons. The number of hydrogen-bond donors (Lipinski definition) is 1. The fourth-order valence-corrected chi connectivity index (χ4v) is 4.93. The maximum atomic E-state index is 12.5. The summed E-state index contributed by atoms with van der Waals surface area (Å²) in [7, 11) is 0. The molecule has 1 unspecified atom stereocenters. The second-order valence-electron chi connectivity index (χ2n) is 7.86. The van der Waals surface area contributed by atoms with Gasteiger partial charge in [-0.05, 0) is 56.5 Å². The first-order valence-electron chi connectivity index (χ1n) is 10.6. The SMILES string of the molecule is CC1CCCCN1c1ccc2cccc(OCC(=O)Nc3nc4ccccc4s3)c2n1. The first kappa shape index (κ1) is 19.8. The van der Waals surface area contributed by atoms with E-state index in [1.165, 1.54) is 30.6 Å². The second kappa shape index (κ2) is 8.51. The maximum absolute atomic E-state index is 12.5. The molecule has 1 N–H and O–H groups in total. The zero-order valence-electron chi connectivity index (χ0n) is 17.4. The summed E-state index contributed by atoms with van der Waals surface area (Å²) in [5.41, 5.74) is 1.66. The molecular formula is C24H24N4O2S. The van der Waals surface area contributed by atoms with Gasteiger partial charge in [0.15, 0.2) is 11.7 Å². The number of ether oxygens (including phenoxy) is 1. The van der Waals surface area contributed by atoms with Crippen LogP contribution in [0.4, 0.5) is 10.9 Å². The molecule has 6 nitrogen and oxygen atoms in total. The van der Waals surface area contributed by atoms with Crippen molar-refractivity contribution >= 4 is 49.3 Å². The quantitative estimate of drug-likeness (QED) is 0.467. The van der Waals surface area contributed by atoms with E-state index >= 15 is 0 Å². The van der Waals surface area contributed by atoms with Crippen LogP contribution in [0.5, 0.6) is 5.75 Å².